The van der Waals surface area contributed by atoms with Crippen LogP contribution in [0.3, 0.4) is 0 Å². The first-order valence-corrected chi connectivity index (χ1v) is 7.32. The molecule has 114 valence electrons. The third-order valence-electron chi connectivity index (χ3n) is 3.49. The summed E-state index contributed by atoms with van der Waals surface area (Å²) in [6.07, 6.45) is 0. The maximum absolute atomic E-state index is 12.8. The average Bonchev–Trinajstić information content (AvgIpc) is 2.47. The Labute approximate surface area is 131 Å². The Bertz CT molecular complexity index is 684. The molecule has 0 heterocycles. The van der Waals surface area contributed by atoms with Crippen LogP contribution in [0.15, 0.2) is 54.6 Å². The second-order valence-corrected chi connectivity index (χ2v) is 6.29. The van der Waals surface area contributed by atoms with Crippen LogP contribution in [-0.2, 0) is 10.2 Å². The van der Waals surface area contributed by atoms with E-state index in [2.05, 4.69) is 20.8 Å². The predicted octanol–water partition coefficient (Wildman–Crippen LogP) is 4.18. The third kappa shape index (κ3) is 3.25. The van der Waals surface area contributed by atoms with E-state index in [1.54, 1.807) is 24.3 Å². The van der Waals surface area contributed by atoms with E-state index in [9.17, 15) is 9.59 Å². The van der Waals surface area contributed by atoms with Crippen molar-refractivity contribution in [3.8, 4) is 0 Å². The molecule has 2 aromatic rings. The first-order chi connectivity index (χ1) is 10.3. The van der Waals surface area contributed by atoms with E-state index in [1.165, 1.54) is 11.8 Å². The number of imide groups is 1. The van der Waals surface area contributed by atoms with Gasteiger partial charge in [0, 0.05) is 12.5 Å². The molecule has 0 spiro atoms. The first-order valence-electron chi connectivity index (χ1n) is 7.32. The molecule has 22 heavy (non-hydrogen) atoms. The Balaban J connectivity index is 2.56. The van der Waals surface area contributed by atoms with Gasteiger partial charge in [0.25, 0.3) is 5.91 Å². The van der Waals surface area contributed by atoms with Crippen LogP contribution < -0.4 is 4.90 Å². The zero-order chi connectivity index (χ0) is 16.3. The SMILES string of the molecule is CC(=O)N(C(=O)c1ccccc1)c1ccccc1C(C)(C)C. The molecule has 2 amide bonds. The van der Waals surface area contributed by atoms with Crippen LogP contribution in [0.1, 0.15) is 43.6 Å². The van der Waals surface area contributed by atoms with E-state index in [-0.39, 0.29) is 17.2 Å². The Hall–Kier alpha value is -2.42. The second-order valence-electron chi connectivity index (χ2n) is 6.29. The van der Waals surface area contributed by atoms with Gasteiger partial charge in [0.15, 0.2) is 0 Å². The van der Waals surface area contributed by atoms with Crippen LogP contribution in [0, 0.1) is 0 Å². The van der Waals surface area contributed by atoms with Crippen molar-refractivity contribution in [1.29, 1.82) is 0 Å². The summed E-state index contributed by atoms with van der Waals surface area (Å²) < 4.78 is 0. The Kier molecular flexibility index (Phi) is 4.45. The minimum absolute atomic E-state index is 0.165. The topological polar surface area (TPSA) is 37.4 Å². The molecule has 0 aliphatic rings. The lowest BCUT2D eigenvalue weighted by Gasteiger charge is -2.28. The molecule has 0 aliphatic heterocycles. The molecule has 0 bridgehead atoms. The molecular weight excluding hydrogens is 274 g/mol. The highest BCUT2D eigenvalue weighted by Gasteiger charge is 2.27. The number of carbonyl (C=O) groups is 2. The number of nitrogens with zero attached hydrogens (tertiary/aromatic N) is 1. The molecule has 0 N–H and O–H groups in total. The molecule has 0 saturated carbocycles. The largest absolute Gasteiger partial charge is 0.274 e. The van der Waals surface area contributed by atoms with E-state index in [0.717, 1.165) is 5.56 Å². The lowest BCUT2D eigenvalue weighted by atomic mass is 9.85. The summed E-state index contributed by atoms with van der Waals surface area (Å²) >= 11 is 0. The zero-order valence-electron chi connectivity index (χ0n) is 13.5. The van der Waals surface area contributed by atoms with E-state index >= 15 is 0 Å². The monoisotopic (exact) mass is 295 g/mol. The number of hydrogen-bond acceptors (Lipinski definition) is 2. The lowest BCUT2D eigenvalue weighted by Crippen LogP contribution is -2.37. The van der Waals surface area contributed by atoms with Crippen molar-refractivity contribution in [3.63, 3.8) is 0 Å². The van der Waals surface area contributed by atoms with Gasteiger partial charge in [-0.1, -0.05) is 57.2 Å². The number of rotatable bonds is 2. The summed E-state index contributed by atoms with van der Waals surface area (Å²) in [6, 6.07) is 16.4. The molecule has 0 atom stereocenters. The lowest BCUT2D eigenvalue weighted by molar-refractivity contribution is -0.115. The van der Waals surface area contributed by atoms with Crippen molar-refractivity contribution in [3.05, 3.63) is 65.7 Å². The fraction of sp³-hybridized carbons (Fsp3) is 0.263. The average molecular weight is 295 g/mol. The van der Waals surface area contributed by atoms with Gasteiger partial charge in [-0.3, -0.25) is 9.59 Å². The maximum atomic E-state index is 12.8. The third-order valence-corrected chi connectivity index (χ3v) is 3.49. The standard InChI is InChI=1S/C19H21NO2/c1-14(21)20(18(22)15-10-6-5-7-11-15)17-13-9-8-12-16(17)19(2,3)4/h5-13H,1-4H3. The van der Waals surface area contributed by atoms with Crippen LogP contribution in [0.4, 0.5) is 5.69 Å². The highest BCUT2D eigenvalue weighted by Crippen LogP contribution is 2.32. The molecule has 0 saturated heterocycles. The Morgan fingerprint density at radius 3 is 1.95 bits per heavy atom. The fourth-order valence-corrected chi connectivity index (χ4v) is 2.43. The molecule has 2 rings (SSSR count). The van der Waals surface area contributed by atoms with Crippen molar-refractivity contribution in [2.75, 3.05) is 4.90 Å². The van der Waals surface area contributed by atoms with Gasteiger partial charge in [0.05, 0.1) is 5.69 Å². The van der Waals surface area contributed by atoms with Gasteiger partial charge in [-0.15, -0.1) is 0 Å². The molecule has 0 aliphatic carbocycles. The van der Waals surface area contributed by atoms with Crippen LogP contribution in [0.5, 0.6) is 0 Å². The Morgan fingerprint density at radius 2 is 1.41 bits per heavy atom. The summed E-state index contributed by atoms with van der Waals surface area (Å²) in [5.41, 5.74) is 1.95. The van der Waals surface area contributed by atoms with E-state index in [4.69, 9.17) is 0 Å². The van der Waals surface area contributed by atoms with Gasteiger partial charge in [-0.2, -0.15) is 0 Å². The number of anilines is 1. The molecule has 3 nitrogen and oxygen atoms in total. The van der Waals surface area contributed by atoms with Crippen molar-refractivity contribution in [2.24, 2.45) is 0 Å². The molecule has 0 unspecified atom stereocenters. The first kappa shape index (κ1) is 16.0. The van der Waals surface area contributed by atoms with Gasteiger partial charge in [-0.25, -0.2) is 4.90 Å². The van der Waals surface area contributed by atoms with Crippen molar-refractivity contribution in [2.45, 2.75) is 33.1 Å². The highest BCUT2D eigenvalue weighted by atomic mass is 16.2. The second kappa shape index (κ2) is 6.14. The highest BCUT2D eigenvalue weighted by molar-refractivity contribution is 6.20. The van der Waals surface area contributed by atoms with Crippen molar-refractivity contribution >= 4 is 17.5 Å². The molecule has 0 aromatic heterocycles. The number of hydrogen-bond donors (Lipinski definition) is 0. The van der Waals surface area contributed by atoms with Gasteiger partial charge in [0.1, 0.15) is 0 Å². The van der Waals surface area contributed by atoms with Crippen LogP contribution in [0.25, 0.3) is 0 Å². The minimum Gasteiger partial charge on any atom is -0.274 e. The van der Waals surface area contributed by atoms with E-state index in [0.29, 0.717) is 11.3 Å². The normalized spacial score (nSPS) is 11.1. The van der Waals surface area contributed by atoms with Crippen LogP contribution in [-0.4, -0.2) is 11.8 Å². The zero-order valence-corrected chi connectivity index (χ0v) is 13.5. The summed E-state index contributed by atoms with van der Waals surface area (Å²) in [4.78, 5) is 26.2. The summed E-state index contributed by atoms with van der Waals surface area (Å²) in [5.74, 6) is -0.588. The van der Waals surface area contributed by atoms with Gasteiger partial charge >= 0.3 is 0 Å². The molecule has 0 fully saturated rings. The smallest absolute Gasteiger partial charge is 0.265 e. The maximum Gasteiger partial charge on any atom is 0.265 e. The summed E-state index contributed by atoms with van der Waals surface area (Å²) in [6.45, 7) is 7.62. The molecule has 2 aromatic carbocycles. The van der Waals surface area contributed by atoms with Crippen molar-refractivity contribution < 1.29 is 9.59 Å². The summed E-state index contributed by atoms with van der Waals surface area (Å²) in [7, 11) is 0. The van der Waals surface area contributed by atoms with Gasteiger partial charge in [-0.05, 0) is 29.2 Å². The van der Waals surface area contributed by atoms with Crippen LogP contribution >= 0.6 is 0 Å². The minimum atomic E-state index is -0.301. The quantitative estimate of drug-likeness (QED) is 0.833. The predicted molar refractivity (Wildman–Crippen MR) is 89.1 cm³/mol. The molecule has 3 heteroatoms. The fourth-order valence-electron chi connectivity index (χ4n) is 2.43. The molecule has 0 radical (unpaired) electrons. The number of para-hydroxylation sites is 1. The number of amides is 2. The van der Waals surface area contributed by atoms with Gasteiger partial charge in [0.2, 0.25) is 5.91 Å². The summed E-state index contributed by atoms with van der Waals surface area (Å²) in [5, 5.41) is 0. The molecular formula is C19H21NO2. The van der Waals surface area contributed by atoms with Gasteiger partial charge < -0.3 is 0 Å². The number of benzene rings is 2. The Morgan fingerprint density at radius 1 is 0.864 bits per heavy atom. The van der Waals surface area contributed by atoms with Crippen LogP contribution in [0.2, 0.25) is 0 Å². The van der Waals surface area contributed by atoms with E-state index < -0.39 is 0 Å². The number of carbonyl (C=O) groups excluding carboxylic acids is 2. The van der Waals surface area contributed by atoms with Crippen molar-refractivity contribution in [1.82, 2.24) is 0 Å². The van der Waals surface area contributed by atoms with E-state index in [1.807, 2.05) is 30.3 Å².